The number of aryl methyl sites for hydroxylation is 2. The molecule has 48 heavy (non-hydrogen) atoms. The van der Waals surface area contributed by atoms with Crippen molar-refractivity contribution < 1.29 is 38.4 Å². The van der Waals surface area contributed by atoms with Gasteiger partial charge in [-0.05, 0) is 95.2 Å². The summed E-state index contributed by atoms with van der Waals surface area (Å²) < 4.78 is 30.1. The van der Waals surface area contributed by atoms with Crippen LogP contribution >= 0.6 is 0 Å². The fraction of sp³-hybridized carbons (Fsp3) is 0.550. The molecule has 0 radical (unpaired) electrons. The van der Waals surface area contributed by atoms with Crippen molar-refractivity contribution in [2.75, 3.05) is 6.61 Å². The predicted octanol–water partition coefficient (Wildman–Crippen LogP) is 8.45. The number of hydrogen-bond donors (Lipinski definition) is 1. The summed E-state index contributed by atoms with van der Waals surface area (Å²) in [6.07, 6.45) is 11.0. The number of carbonyl (C=O) groups excluding carboxylic acids is 2. The molecule has 1 N–H and O–H groups in total. The summed E-state index contributed by atoms with van der Waals surface area (Å²) >= 11 is 0. The van der Waals surface area contributed by atoms with Gasteiger partial charge in [0.05, 0.1) is 13.0 Å². The number of carbonyl (C=O) groups is 2. The second kappa shape index (κ2) is 13.6. The molecule has 2 aromatic carbocycles. The molecular formula is C40H52O8. The molecule has 1 spiro atoms. The number of rotatable bonds is 6. The highest BCUT2D eigenvalue weighted by atomic mass is 16.7. The zero-order valence-electron chi connectivity index (χ0n) is 29.9. The van der Waals surface area contributed by atoms with Crippen molar-refractivity contribution >= 4 is 11.9 Å². The standard InChI is InChI=1S/C31H42O7.C9H10O/c1-19(10-11-23-16-24(34)15-20(2)27(23)36-22(4)33)14-25-17-29(7)12-9-13-30(29,8)31(37-25)18-26(35-21(3)32)28(5,6)38-31;1-2-6-9-8(4-1)5-3-7-10-9/h10,15-17,26,34H,9,11-14,18H2,1-8H3;1-2,4,6H,3,5,7H2/b19-10+;/t26-,29+,30+,31+;/m0./s1. The maximum atomic E-state index is 11.9. The molecule has 1 aliphatic carbocycles. The summed E-state index contributed by atoms with van der Waals surface area (Å²) in [7, 11) is 0. The Morgan fingerprint density at radius 2 is 1.77 bits per heavy atom. The van der Waals surface area contributed by atoms with Gasteiger partial charge >= 0.3 is 11.9 Å². The molecule has 1 saturated carbocycles. The van der Waals surface area contributed by atoms with Gasteiger partial charge in [0, 0.05) is 36.7 Å². The Hall–Kier alpha value is -3.78. The van der Waals surface area contributed by atoms with Crippen molar-refractivity contribution in [3.05, 3.63) is 76.6 Å². The summed E-state index contributed by atoms with van der Waals surface area (Å²) in [5.74, 6) is 0.947. The number of esters is 2. The van der Waals surface area contributed by atoms with Gasteiger partial charge < -0.3 is 28.8 Å². The van der Waals surface area contributed by atoms with Gasteiger partial charge in [-0.2, -0.15) is 0 Å². The van der Waals surface area contributed by atoms with E-state index in [4.69, 9.17) is 23.7 Å². The Morgan fingerprint density at radius 3 is 2.48 bits per heavy atom. The van der Waals surface area contributed by atoms with E-state index in [1.54, 1.807) is 12.1 Å². The lowest BCUT2D eigenvalue weighted by Gasteiger charge is -2.54. The average molecular weight is 661 g/mol. The van der Waals surface area contributed by atoms with Crippen LogP contribution < -0.4 is 9.47 Å². The molecule has 4 aliphatic rings. The summed E-state index contributed by atoms with van der Waals surface area (Å²) in [6.45, 7) is 16.0. The van der Waals surface area contributed by atoms with Crippen molar-refractivity contribution in [1.29, 1.82) is 0 Å². The van der Waals surface area contributed by atoms with Crippen molar-refractivity contribution in [1.82, 2.24) is 0 Å². The van der Waals surface area contributed by atoms with Crippen molar-refractivity contribution in [2.24, 2.45) is 10.8 Å². The third-order valence-corrected chi connectivity index (χ3v) is 10.7. The molecule has 6 rings (SSSR count). The molecule has 3 heterocycles. The molecule has 8 heteroatoms. The summed E-state index contributed by atoms with van der Waals surface area (Å²) in [4.78, 5) is 23.5. The minimum Gasteiger partial charge on any atom is -0.508 e. The number of phenolic OH excluding ortho intramolecular Hbond substituents is 1. The van der Waals surface area contributed by atoms with Crippen LogP contribution in [-0.2, 0) is 36.6 Å². The van der Waals surface area contributed by atoms with E-state index in [9.17, 15) is 14.7 Å². The van der Waals surface area contributed by atoms with Gasteiger partial charge in [-0.1, -0.05) is 50.1 Å². The zero-order chi connectivity index (χ0) is 34.9. The topological polar surface area (TPSA) is 101 Å². The first kappa shape index (κ1) is 35.5. The largest absolute Gasteiger partial charge is 0.508 e. The van der Waals surface area contributed by atoms with Crippen molar-refractivity contribution in [3.8, 4) is 17.2 Å². The molecule has 0 unspecified atom stereocenters. The Kier molecular flexibility index (Phi) is 10.1. The summed E-state index contributed by atoms with van der Waals surface area (Å²) in [5, 5.41) is 10.1. The highest BCUT2D eigenvalue weighted by molar-refractivity contribution is 5.71. The van der Waals surface area contributed by atoms with E-state index in [1.165, 1.54) is 25.8 Å². The SMILES string of the molecule is CC(=O)Oc1c(C)cc(O)cc1C/C=C(\C)CC1=C[C@@]2(C)CCC[C@@]2(C)[C@]2(C[C@H](OC(C)=O)C(C)(C)O2)O1.c1ccc2c(c1)CCCO2. The minimum absolute atomic E-state index is 0.118. The van der Waals surface area contributed by atoms with E-state index in [0.29, 0.717) is 30.6 Å². The normalized spacial score (nSPS) is 28.5. The van der Waals surface area contributed by atoms with E-state index >= 15 is 0 Å². The fourth-order valence-corrected chi connectivity index (χ4v) is 8.03. The highest BCUT2D eigenvalue weighted by Gasteiger charge is 2.70. The van der Waals surface area contributed by atoms with Crippen LogP contribution in [0.5, 0.6) is 17.2 Å². The lowest BCUT2D eigenvalue weighted by atomic mass is 9.60. The molecule has 1 saturated heterocycles. The summed E-state index contributed by atoms with van der Waals surface area (Å²) in [6, 6.07) is 11.5. The van der Waals surface area contributed by atoms with Crippen LogP contribution in [0, 0.1) is 17.8 Å². The smallest absolute Gasteiger partial charge is 0.308 e. The van der Waals surface area contributed by atoms with Crippen LogP contribution in [0.25, 0.3) is 0 Å². The number of ether oxygens (including phenoxy) is 5. The van der Waals surface area contributed by atoms with Crippen LogP contribution in [0.4, 0.5) is 0 Å². The average Bonchev–Trinajstić information content (AvgIpc) is 3.45. The van der Waals surface area contributed by atoms with Crippen molar-refractivity contribution in [3.63, 3.8) is 0 Å². The maximum Gasteiger partial charge on any atom is 0.308 e. The van der Waals surface area contributed by atoms with E-state index in [1.807, 2.05) is 39.8 Å². The number of para-hydroxylation sites is 1. The molecule has 2 fully saturated rings. The second-order valence-electron chi connectivity index (χ2n) is 14.9. The van der Waals surface area contributed by atoms with Crippen LogP contribution in [0.3, 0.4) is 0 Å². The Bertz CT molecular complexity index is 1580. The number of benzene rings is 2. The number of phenols is 1. The summed E-state index contributed by atoms with van der Waals surface area (Å²) in [5.41, 5.74) is 2.84. The van der Waals surface area contributed by atoms with Crippen LogP contribution in [0.1, 0.15) is 104 Å². The number of allylic oxidation sites excluding steroid dienone is 3. The van der Waals surface area contributed by atoms with E-state index in [-0.39, 0.29) is 22.5 Å². The predicted molar refractivity (Wildman–Crippen MR) is 184 cm³/mol. The zero-order valence-corrected chi connectivity index (χ0v) is 29.9. The Morgan fingerprint density at radius 1 is 1.02 bits per heavy atom. The molecule has 2 aromatic rings. The minimum atomic E-state index is -0.892. The second-order valence-corrected chi connectivity index (χ2v) is 14.9. The van der Waals surface area contributed by atoms with Crippen LogP contribution in [-0.4, -0.2) is 41.1 Å². The third kappa shape index (κ3) is 7.14. The third-order valence-electron chi connectivity index (χ3n) is 10.7. The monoisotopic (exact) mass is 660 g/mol. The number of fused-ring (bicyclic) bond motifs is 3. The van der Waals surface area contributed by atoms with Gasteiger partial charge in [0.25, 0.3) is 0 Å². The number of aromatic hydroxyl groups is 1. The molecule has 260 valence electrons. The molecular weight excluding hydrogens is 608 g/mol. The first-order chi connectivity index (χ1) is 22.6. The van der Waals surface area contributed by atoms with E-state index in [0.717, 1.165) is 54.9 Å². The van der Waals surface area contributed by atoms with Gasteiger partial charge in [0.15, 0.2) is 0 Å². The van der Waals surface area contributed by atoms with Gasteiger partial charge in [0.2, 0.25) is 5.79 Å². The van der Waals surface area contributed by atoms with Crippen LogP contribution in [0.15, 0.2) is 59.9 Å². The van der Waals surface area contributed by atoms with Gasteiger partial charge in [-0.25, -0.2) is 0 Å². The van der Waals surface area contributed by atoms with E-state index < -0.39 is 23.5 Å². The molecule has 4 atom stereocenters. The highest BCUT2D eigenvalue weighted by Crippen LogP contribution is 2.67. The van der Waals surface area contributed by atoms with E-state index in [2.05, 4.69) is 38.1 Å². The lowest BCUT2D eigenvalue weighted by Crippen LogP contribution is -2.57. The first-order valence-electron chi connectivity index (χ1n) is 17.2. The Balaban J connectivity index is 0.000000380. The van der Waals surface area contributed by atoms with Gasteiger partial charge in [0.1, 0.15) is 34.7 Å². The fourth-order valence-electron chi connectivity index (χ4n) is 8.03. The maximum absolute atomic E-state index is 11.9. The van der Waals surface area contributed by atoms with Gasteiger partial charge in [-0.3, -0.25) is 9.59 Å². The number of hydrogen-bond acceptors (Lipinski definition) is 8. The van der Waals surface area contributed by atoms with Crippen LogP contribution in [0.2, 0.25) is 0 Å². The van der Waals surface area contributed by atoms with Gasteiger partial charge in [-0.15, -0.1) is 0 Å². The quantitative estimate of drug-likeness (QED) is 0.187. The molecule has 3 aliphatic heterocycles. The lowest BCUT2D eigenvalue weighted by molar-refractivity contribution is -0.309. The first-order valence-corrected chi connectivity index (χ1v) is 17.2. The molecule has 0 bridgehead atoms. The molecule has 0 aromatic heterocycles. The molecule has 8 nitrogen and oxygen atoms in total. The van der Waals surface area contributed by atoms with Crippen molar-refractivity contribution in [2.45, 2.75) is 124 Å². The Labute approximate surface area is 285 Å². The molecule has 0 amide bonds.